The van der Waals surface area contributed by atoms with Gasteiger partial charge >= 0.3 is 5.97 Å². The molecule has 2 N–H and O–H groups in total. The summed E-state index contributed by atoms with van der Waals surface area (Å²) in [7, 11) is 0. The number of carboxylic acids is 1. The molecule has 21 heavy (non-hydrogen) atoms. The van der Waals surface area contributed by atoms with Gasteiger partial charge in [-0.3, -0.25) is 4.79 Å². The van der Waals surface area contributed by atoms with Crippen molar-refractivity contribution in [3.63, 3.8) is 0 Å². The maximum absolute atomic E-state index is 12.0. The lowest BCUT2D eigenvalue weighted by molar-refractivity contribution is 0.0696. The predicted octanol–water partition coefficient (Wildman–Crippen LogP) is 3.28. The van der Waals surface area contributed by atoms with Crippen LogP contribution in [0.25, 0.3) is 0 Å². The lowest BCUT2D eigenvalue weighted by Gasteiger charge is -2.07. The molecule has 0 atom stereocenters. The summed E-state index contributed by atoms with van der Waals surface area (Å²) in [6.07, 6.45) is 0. The molecular formula is C16H14ClNO3. The van der Waals surface area contributed by atoms with Crippen molar-refractivity contribution < 1.29 is 14.7 Å². The Morgan fingerprint density at radius 1 is 1.14 bits per heavy atom. The van der Waals surface area contributed by atoms with Gasteiger partial charge in [-0.2, -0.15) is 0 Å². The first-order chi connectivity index (χ1) is 9.97. The third-order valence-electron chi connectivity index (χ3n) is 3.05. The van der Waals surface area contributed by atoms with Gasteiger partial charge in [-0.25, -0.2) is 4.79 Å². The van der Waals surface area contributed by atoms with E-state index in [1.54, 1.807) is 30.3 Å². The summed E-state index contributed by atoms with van der Waals surface area (Å²) in [6, 6.07) is 11.5. The molecule has 0 saturated carbocycles. The lowest BCUT2D eigenvalue weighted by atomic mass is 10.1. The average Bonchev–Trinajstić information content (AvgIpc) is 2.48. The number of aryl methyl sites for hydroxylation is 1. The fourth-order valence-corrected chi connectivity index (χ4v) is 2.00. The zero-order chi connectivity index (χ0) is 15.4. The van der Waals surface area contributed by atoms with Crippen LogP contribution in [-0.4, -0.2) is 17.0 Å². The summed E-state index contributed by atoms with van der Waals surface area (Å²) in [5, 5.41) is 12.3. The van der Waals surface area contributed by atoms with Crippen molar-refractivity contribution >= 4 is 23.5 Å². The fourth-order valence-electron chi connectivity index (χ4n) is 1.88. The van der Waals surface area contributed by atoms with Crippen LogP contribution >= 0.6 is 11.6 Å². The van der Waals surface area contributed by atoms with Crippen molar-refractivity contribution in [3.8, 4) is 0 Å². The maximum Gasteiger partial charge on any atom is 0.335 e. The first-order valence-corrected chi connectivity index (χ1v) is 6.72. The number of carbonyl (C=O) groups is 2. The van der Waals surface area contributed by atoms with Crippen LogP contribution in [0.3, 0.4) is 0 Å². The van der Waals surface area contributed by atoms with Crippen molar-refractivity contribution in [2.45, 2.75) is 13.5 Å². The Kier molecular flexibility index (Phi) is 4.60. The molecule has 0 fully saturated rings. The molecule has 4 nitrogen and oxygen atoms in total. The number of halogens is 1. The van der Waals surface area contributed by atoms with Gasteiger partial charge in [0.05, 0.1) is 5.56 Å². The van der Waals surface area contributed by atoms with Gasteiger partial charge in [-0.05, 0) is 48.4 Å². The summed E-state index contributed by atoms with van der Waals surface area (Å²) >= 11 is 5.92. The second-order valence-corrected chi connectivity index (χ2v) is 5.06. The van der Waals surface area contributed by atoms with E-state index in [0.717, 1.165) is 11.1 Å². The molecule has 5 heteroatoms. The smallest absolute Gasteiger partial charge is 0.335 e. The normalized spacial score (nSPS) is 10.2. The van der Waals surface area contributed by atoms with Gasteiger partial charge in [0.25, 0.3) is 5.91 Å². The number of carboxylic acid groups (broad SMARTS) is 1. The Balaban J connectivity index is 2.05. The predicted molar refractivity (Wildman–Crippen MR) is 80.8 cm³/mol. The zero-order valence-electron chi connectivity index (χ0n) is 11.4. The average molecular weight is 304 g/mol. The molecule has 0 saturated heterocycles. The van der Waals surface area contributed by atoms with Crippen LogP contribution in [0.4, 0.5) is 0 Å². The molecule has 0 aromatic heterocycles. The first-order valence-electron chi connectivity index (χ1n) is 6.34. The monoisotopic (exact) mass is 303 g/mol. The molecule has 0 aliphatic carbocycles. The molecule has 108 valence electrons. The SMILES string of the molecule is Cc1cc(C(=O)NCc2cccc(C(=O)O)c2)ccc1Cl. The van der Waals surface area contributed by atoms with Gasteiger partial charge in [0.15, 0.2) is 0 Å². The number of nitrogens with one attached hydrogen (secondary N) is 1. The van der Waals surface area contributed by atoms with Gasteiger partial charge < -0.3 is 10.4 Å². The number of benzene rings is 2. The molecule has 0 spiro atoms. The van der Waals surface area contributed by atoms with E-state index >= 15 is 0 Å². The van der Waals surface area contributed by atoms with Crippen LogP contribution in [0.5, 0.6) is 0 Å². The molecule has 0 aliphatic rings. The minimum atomic E-state index is -0.989. The fraction of sp³-hybridized carbons (Fsp3) is 0.125. The zero-order valence-corrected chi connectivity index (χ0v) is 12.1. The van der Waals surface area contributed by atoms with E-state index < -0.39 is 5.97 Å². The van der Waals surface area contributed by atoms with E-state index in [2.05, 4.69) is 5.32 Å². The minimum absolute atomic E-state index is 0.198. The van der Waals surface area contributed by atoms with Crippen LogP contribution in [0.2, 0.25) is 5.02 Å². The van der Waals surface area contributed by atoms with Crippen molar-refractivity contribution in [1.82, 2.24) is 5.32 Å². The van der Waals surface area contributed by atoms with Crippen LogP contribution in [0.1, 0.15) is 31.8 Å². The Bertz CT molecular complexity index is 698. The molecule has 1 amide bonds. The molecule has 0 bridgehead atoms. The number of aromatic carboxylic acids is 1. The first kappa shape index (κ1) is 15.1. The van der Waals surface area contributed by atoms with Gasteiger partial charge in [-0.1, -0.05) is 23.7 Å². The second kappa shape index (κ2) is 6.41. The number of hydrogen-bond acceptors (Lipinski definition) is 2. The van der Waals surface area contributed by atoms with Crippen LogP contribution in [0, 0.1) is 6.92 Å². The van der Waals surface area contributed by atoms with Crippen molar-refractivity contribution in [2.75, 3.05) is 0 Å². The van der Waals surface area contributed by atoms with Crippen molar-refractivity contribution in [3.05, 3.63) is 69.7 Å². The summed E-state index contributed by atoms with van der Waals surface area (Å²) in [6.45, 7) is 2.09. The van der Waals surface area contributed by atoms with Gasteiger partial charge in [0.2, 0.25) is 0 Å². The van der Waals surface area contributed by atoms with E-state index in [9.17, 15) is 9.59 Å². The van der Waals surface area contributed by atoms with E-state index in [-0.39, 0.29) is 18.0 Å². The number of hydrogen-bond donors (Lipinski definition) is 2. The summed E-state index contributed by atoms with van der Waals surface area (Å²) in [5.74, 6) is -1.22. The molecule has 2 rings (SSSR count). The lowest BCUT2D eigenvalue weighted by Crippen LogP contribution is -2.23. The van der Waals surface area contributed by atoms with Crippen LogP contribution in [0.15, 0.2) is 42.5 Å². The number of carbonyl (C=O) groups excluding carboxylic acids is 1. The largest absolute Gasteiger partial charge is 0.478 e. The molecule has 0 aliphatic heterocycles. The summed E-state index contributed by atoms with van der Waals surface area (Å²) in [5.41, 5.74) is 2.28. The van der Waals surface area contributed by atoms with Gasteiger partial charge in [0, 0.05) is 17.1 Å². The molecule has 2 aromatic carbocycles. The Labute approximate surface area is 127 Å². The molecule has 0 radical (unpaired) electrons. The highest BCUT2D eigenvalue weighted by atomic mass is 35.5. The Morgan fingerprint density at radius 3 is 2.57 bits per heavy atom. The highest BCUT2D eigenvalue weighted by molar-refractivity contribution is 6.31. The van der Waals surface area contributed by atoms with Crippen molar-refractivity contribution in [2.24, 2.45) is 0 Å². The van der Waals surface area contributed by atoms with Gasteiger partial charge in [-0.15, -0.1) is 0 Å². The van der Waals surface area contributed by atoms with Crippen LogP contribution in [-0.2, 0) is 6.54 Å². The van der Waals surface area contributed by atoms with Crippen LogP contribution < -0.4 is 5.32 Å². The molecule has 0 heterocycles. The van der Waals surface area contributed by atoms with Crippen molar-refractivity contribution in [1.29, 1.82) is 0 Å². The van der Waals surface area contributed by atoms with E-state index in [0.29, 0.717) is 10.6 Å². The second-order valence-electron chi connectivity index (χ2n) is 4.65. The third kappa shape index (κ3) is 3.83. The minimum Gasteiger partial charge on any atom is -0.478 e. The number of rotatable bonds is 4. The highest BCUT2D eigenvalue weighted by Crippen LogP contribution is 2.16. The van der Waals surface area contributed by atoms with Gasteiger partial charge in [0.1, 0.15) is 0 Å². The third-order valence-corrected chi connectivity index (χ3v) is 3.47. The standard InChI is InChI=1S/C16H14ClNO3/c1-10-7-12(5-6-14(10)17)15(19)18-9-11-3-2-4-13(8-11)16(20)21/h2-8H,9H2,1H3,(H,18,19)(H,20,21). The topological polar surface area (TPSA) is 66.4 Å². The summed E-state index contributed by atoms with van der Waals surface area (Å²) in [4.78, 5) is 22.9. The quantitative estimate of drug-likeness (QED) is 0.911. The Hall–Kier alpha value is -2.33. The number of amides is 1. The molecular weight excluding hydrogens is 290 g/mol. The van der Waals surface area contributed by atoms with E-state index in [4.69, 9.17) is 16.7 Å². The maximum atomic E-state index is 12.0. The Morgan fingerprint density at radius 2 is 1.90 bits per heavy atom. The van der Waals surface area contributed by atoms with E-state index in [1.807, 2.05) is 6.92 Å². The summed E-state index contributed by atoms with van der Waals surface area (Å²) < 4.78 is 0. The molecule has 0 unspecified atom stereocenters. The highest BCUT2D eigenvalue weighted by Gasteiger charge is 2.08. The van der Waals surface area contributed by atoms with E-state index in [1.165, 1.54) is 12.1 Å². The molecule has 2 aromatic rings.